The summed E-state index contributed by atoms with van der Waals surface area (Å²) in [7, 11) is 0. The number of rotatable bonds is 16. The van der Waals surface area contributed by atoms with Gasteiger partial charge in [0, 0.05) is 25.3 Å². The summed E-state index contributed by atoms with van der Waals surface area (Å²) < 4.78 is 15.7. The predicted molar refractivity (Wildman–Crippen MR) is 206 cm³/mol. The Balaban J connectivity index is 1.65. The Labute approximate surface area is 308 Å². The minimum absolute atomic E-state index is 0.0590. The molecule has 11 nitrogen and oxygen atoms in total. The summed E-state index contributed by atoms with van der Waals surface area (Å²) in [5, 5.41) is 8.66. The highest BCUT2D eigenvalue weighted by atomic mass is 16.7. The number of ether oxygens (including phenoxy) is 3. The van der Waals surface area contributed by atoms with Crippen molar-refractivity contribution in [2.24, 2.45) is 11.8 Å². The second-order valence-electron chi connectivity index (χ2n) is 14.8. The lowest BCUT2D eigenvalue weighted by Gasteiger charge is -2.31. The van der Waals surface area contributed by atoms with E-state index in [4.69, 9.17) is 14.2 Å². The van der Waals surface area contributed by atoms with Crippen LogP contribution in [0.4, 0.5) is 26.7 Å². The lowest BCUT2D eigenvalue weighted by Crippen LogP contribution is -2.32. The zero-order valence-electron chi connectivity index (χ0n) is 32.1. The van der Waals surface area contributed by atoms with Gasteiger partial charge in [-0.3, -0.25) is 4.79 Å². The van der Waals surface area contributed by atoms with Gasteiger partial charge in [-0.05, 0) is 99.4 Å². The molecule has 0 aliphatic rings. The van der Waals surface area contributed by atoms with Gasteiger partial charge in [-0.1, -0.05) is 70.5 Å². The topological polar surface area (TPSA) is 135 Å². The number of alkyl carbamates (subject to hydrolysis) is 1. The molecule has 1 atom stereocenters. The van der Waals surface area contributed by atoms with E-state index in [1.807, 2.05) is 56.3 Å². The summed E-state index contributed by atoms with van der Waals surface area (Å²) >= 11 is 0. The molecule has 0 unspecified atom stereocenters. The van der Waals surface area contributed by atoms with Crippen molar-refractivity contribution in [2.45, 2.75) is 93.2 Å². The quantitative estimate of drug-likeness (QED) is 0.0988. The van der Waals surface area contributed by atoms with E-state index in [0.717, 1.165) is 35.5 Å². The average Bonchev–Trinajstić information content (AvgIpc) is 3.06. The van der Waals surface area contributed by atoms with Crippen LogP contribution in [0.1, 0.15) is 101 Å². The molecule has 0 heterocycles. The number of nitrogens with one attached hydrogen (secondary N) is 3. The van der Waals surface area contributed by atoms with E-state index in [0.29, 0.717) is 29.6 Å². The number of anilines is 3. The number of hydrogen-bond donors (Lipinski definition) is 3. The fourth-order valence-corrected chi connectivity index (χ4v) is 5.49. The van der Waals surface area contributed by atoms with Crippen LogP contribution >= 0.6 is 0 Å². The summed E-state index contributed by atoms with van der Waals surface area (Å²) in [6.07, 6.45) is 0.164. The Morgan fingerprint density at radius 1 is 0.808 bits per heavy atom. The number of aryl methyl sites for hydroxylation is 1. The molecule has 3 amide bonds. The first-order valence-corrected chi connectivity index (χ1v) is 17.9. The highest BCUT2D eigenvalue weighted by Crippen LogP contribution is 2.34. The molecule has 11 heteroatoms. The number of carbonyl (C=O) groups excluding carboxylic acids is 4. The predicted octanol–water partition coefficient (Wildman–Crippen LogP) is 9.02. The fourth-order valence-electron chi connectivity index (χ4n) is 5.49. The SMILES string of the molecule is CC[C@@H](CC(=O)OCOC(=O)c1ccc(CNC(=O)OC(C)(C)C)cc1)c1ccc(N(CC(C)C)CC(C)C)c(NC(=O)Nc2ccc(C)cc2)c1. The van der Waals surface area contributed by atoms with E-state index in [1.165, 1.54) is 0 Å². The third kappa shape index (κ3) is 14.3. The summed E-state index contributed by atoms with van der Waals surface area (Å²) in [5.41, 5.74) is 4.65. The van der Waals surface area contributed by atoms with Crippen molar-refractivity contribution < 1.29 is 33.4 Å². The zero-order valence-corrected chi connectivity index (χ0v) is 32.1. The number of carbonyl (C=O) groups is 4. The first kappa shape index (κ1) is 41.4. The van der Waals surface area contributed by atoms with Crippen molar-refractivity contribution in [3.63, 3.8) is 0 Å². The molecule has 3 aromatic rings. The van der Waals surface area contributed by atoms with Crippen LogP contribution in [0.2, 0.25) is 0 Å². The first-order valence-electron chi connectivity index (χ1n) is 17.9. The number of urea groups is 1. The lowest BCUT2D eigenvalue weighted by molar-refractivity contribution is -0.152. The van der Waals surface area contributed by atoms with Gasteiger partial charge in [0.25, 0.3) is 0 Å². The van der Waals surface area contributed by atoms with Crippen LogP contribution in [0.5, 0.6) is 0 Å². The number of benzene rings is 3. The minimum atomic E-state index is -0.644. The molecule has 0 spiro atoms. The van der Waals surface area contributed by atoms with E-state index in [2.05, 4.69) is 48.5 Å². The number of nitrogens with zero attached hydrogens (tertiary/aromatic N) is 1. The third-order valence-corrected chi connectivity index (χ3v) is 7.90. The maximum absolute atomic E-state index is 13.2. The van der Waals surface area contributed by atoms with Gasteiger partial charge in [0.2, 0.25) is 6.79 Å². The summed E-state index contributed by atoms with van der Waals surface area (Å²) in [6, 6.07) is 19.7. The summed E-state index contributed by atoms with van der Waals surface area (Å²) in [6.45, 7) is 19.3. The molecule has 0 radical (unpaired) electrons. The van der Waals surface area contributed by atoms with Crippen LogP contribution in [0, 0.1) is 18.8 Å². The molecule has 0 bridgehead atoms. The van der Waals surface area contributed by atoms with Gasteiger partial charge in [0.1, 0.15) is 5.60 Å². The number of esters is 2. The minimum Gasteiger partial charge on any atom is -0.444 e. The van der Waals surface area contributed by atoms with E-state index in [1.54, 1.807) is 45.0 Å². The van der Waals surface area contributed by atoms with E-state index in [9.17, 15) is 19.2 Å². The molecule has 3 rings (SSSR count). The highest BCUT2D eigenvalue weighted by molar-refractivity contribution is 6.02. The molecule has 0 saturated carbocycles. The second-order valence-corrected chi connectivity index (χ2v) is 14.8. The van der Waals surface area contributed by atoms with E-state index >= 15 is 0 Å². The smallest absolute Gasteiger partial charge is 0.407 e. The molecule has 3 aromatic carbocycles. The van der Waals surface area contributed by atoms with Gasteiger partial charge in [-0.15, -0.1) is 0 Å². The van der Waals surface area contributed by atoms with Crippen molar-refractivity contribution in [1.29, 1.82) is 0 Å². The van der Waals surface area contributed by atoms with E-state index < -0.39 is 30.4 Å². The molecule has 0 aromatic heterocycles. The third-order valence-electron chi connectivity index (χ3n) is 7.90. The number of amides is 3. The van der Waals surface area contributed by atoms with Crippen molar-refractivity contribution in [3.8, 4) is 0 Å². The van der Waals surface area contributed by atoms with Gasteiger partial charge in [0.15, 0.2) is 0 Å². The van der Waals surface area contributed by atoms with E-state index in [-0.39, 0.29) is 30.5 Å². The normalized spacial score (nSPS) is 11.8. The van der Waals surface area contributed by atoms with Crippen molar-refractivity contribution >= 4 is 41.1 Å². The molecular weight excluding hydrogens is 660 g/mol. The van der Waals surface area contributed by atoms with Crippen LogP contribution in [-0.4, -0.2) is 49.5 Å². The van der Waals surface area contributed by atoms with Gasteiger partial charge < -0.3 is 35.1 Å². The van der Waals surface area contributed by atoms with Gasteiger partial charge >= 0.3 is 24.1 Å². The maximum atomic E-state index is 13.2. The Morgan fingerprint density at radius 3 is 2.02 bits per heavy atom. The second kappa shape index (κ2) is 19.5. The molecular formula is C41H56N4O7. The first-order chi connectivity index (χ1) is 24.5. The van der Waals surface area contributed by atoms with Crippen LogP contribution < -0.4 is 20.9 Å². The molecule has 282 valence electrons. The number of hydrogen-bond acceptors (Lipinski definition) is 8. The Bertz CT molecular complexity index is 1620. The Hall–Kier alpha value is -5.06. The molecule has 3 N–H and O–H groups in total. The lowest BCUT2D eigenvalue weighted by atomic mass is 9.92. The summed E-state index contributed by atoms with van der Waals surface area (Å²) in [5.74, 6) is -0.572. The molecule has 0 aliphatic heterocycles. The molecule has 0 aliphatic carbocycles. The maximum Gasteiger partial charge on any atom is 0.407 e. The molecule has 0 fully saturated rings. The van der Waals surface area contributed by atoms with Crippen LogP contribution in [0.15, 0.2) is 66.7 Å². The zero-order chi connectivity index (χ0) is 38.4. The Morgan fingerprint density at radius 2 is 1.44 bits per heavy atom. The van der Waals surface area contributed by atoms with Crippen LogP contribution in [0.25, 0.3) is 0 Å². The van der Waals surface area contributed by atoms with Crippen molar-refractivity contribution in [1.82, 2.24) is 5.32 Å². The standard InChI is InChI=1S/C41H56N4O7/c1-10-31(22-37(46)50-26-51-38(47)32-15-13-30(14-16-32)23-42-40(49)52-41(7,8)9)33-17-20-36(45(24-27(2)3)25-28(4)5)35(21-33)44-39(48)43-34-18-11-29(6)12-19-34/h11-21,27-28,31H,10,22-26H2,1-9H3,(H,42,49)(H2,43,44,48)/t31-/m0/s1. The van der Waals surface area contributed by atoms with Crippen LogP contribution in [0.3, 0.4) is 0 Å². The largest absolute Gasteiger partial charge is 0.444 e. The molecule has 0 saturated heterocycles. The summed E-state index contributed by atoms with van der Waals surface area (Å²) in [4.78, 5) is 52.9. The average molecular weight is 717 g/mol. The Kier molecular flexibility index (Phi) is 15.5. The monoisotopic (exact) mass is 716 g/mol. The van der Waals surface area contributed by atoms with Crippen molar-refractivity contribution in [3.05, 3.63) is 89.0 Å². The highest BCUT2D eigenvalue weighted by Gasteiger charge is 2.22. The van der Waals surface area contributed by atoms with Crippen LogP contribution in [-0.2, 0) is 25.5 Å². The fraction of sp³-hybridized carbons (Fsp3) is 0.463. The van der Waals surface area contributed by atoms with Gasteiger partial charge in [0.05, 0.1) is 23.4 Å². The molecule has 52 heavy (non-hydrogen) atoms. The van der Waals surface area contributed by atoms with Gasteiger partial charge in [-0.25, -0.2) is 14.4 Å². The van der Waals surface area contributed by atoms with Crippen molar-refractivity contribution in [2.75, 3.05) is 35.4 Å². The van der Waals surface area contributed by atoms with Gasteiger partial charge in [-0.2, -0.15) is 0 Å².